The van der Waals surface area contributed by atoms with Gasteiger partial charge in [0.05, 0.1) is 0 Å². The lowest BCUT2D eigenvalue weighted by Crippen LogP contribution is -1.85. The zero-order chi connectivity index (χ0) is 19.2. The molecule has 144 valence electrons. The van der Waals surface area contributed by atoms with Gasteiger partial charge in [-0.3, -0.25) is 0 Å². The van der Waals surface area contributed by atoms with Crippen LogP contribution in [-0.2, 0) is 12.8 Å². The molecule has 0 saturated carbocycles. The molecule has 0 saturated heterocycles. The monoisotopic (exact) mass is 360 g/mol. The molecule has 0 fully saturated rings. The molecule has 2 aromatic carbocycles. The average molecular weight is 361 g/mol. The van der Waals surface area contributed by atoms with Crippen LogP contribution in [0.1, 0.15) is 81.0 Å². The van der Waals surface area contributed by atoms with Gasteiger partial charge in [-0.05, 0) is 60.8 Å². The summed E-state index contributed by atoms with van der Waals surface area (Å²) in [5.41, 5.74) is 5.52. The first-order chi connectivity index (χ1) is 13.3. The van der Waals surface area contributed by atoms with Crippen molar-refractivity contribution in [1.82, 2.24) is 0 Å². The van der Waals surface area contributed by atoms with Crippen molar-refractivity contribution in [3.05, 3.63) is 82.9 Å². The molecule has 27 heavy (non-hydrogen) atoms. The number of hydrogen-bond acceptors (Lipinski definition) is 0. The smallest absolute Gasteiger partial charge is 0.0260 e. The van der Waals surface area contributed by atoms with Crippen LogP contribution < -0.4 is 0 Å². The summed E-state index contributed by atoms with van der Waals surface area (Å²) in [4.78, 5) is 0. The van der Waals surface area contributed by atoms with E-state index in [4.69, 9.17) is 0 Å². The van der Waals surface area contributed by atoms with Crippen LogP contribution in [0.15, 0.2) is 60.7 Å². The lowest BCUT2D eigenvalue weighted by molar-refractivity contribution is 0.717. The number of hydrogen-bond donors (Lipinski definition) is 0. The molecule has 0 atom stereocenters. The Morgan fingerprint density at radius 3 is 1.44 bits per heavy atom. The third-order valence-electron chi connectivity index (χ3n) is 4.97. The Balaban J connectivity index is 1.68. The third-order valence-corrected chi connectivity index (χ3v) is 4.97. The van der Waals surface area contributed by atoms with E-state index in [1.54, 1.807) is 0 Å². The summed E-state index contributed by atoms with van der Waals surface area (Å²) in [5.74, 6) is 0. The van der Waals surface area contributed by atoms with Crippen molar-refractivity contribution in [3.63, 3.8) is 0 Å². The van der Waals surface area contributed by atoms with Crippen LogP contribution in [-0.4, -0.2) is 0 Å². The fourth-order valence-corrected chi connectivity index (χ4v) is 3.18. The normalized spacial score (nSPS) is 11.6. The molecule has 0 N–H and O–H groups in total. The van der Waals surface area contributed by atoms with Gasteiger partial charge >= 0.3 is 0 Å². The second-order valence-electron chi connectivity index (χ2n) is 7.43. The maximum absolute atomic E-state index is 2.28. The second-order valence-corrected chi connectivity index (χ2v) is 7.43. The van der Waals surface area contributed by atoms with E-state index >= 15 is 0 Å². The lowest BCUT2D eigenvalue weighted by atomic mass is 10.0. The van der Waals surface area contributed by atoms with Crippen LogP contribution in [0.5, 0.6) is 0 Å². The van der Waals surface area contributed by atoms with E-state index in [0.29, 0.717) is 0 Å². The van der Waals surface area contributed by atoms with Crippen molar-refractivity contribution in [2.45, 2.75) is 71.6 Å². The fourth-order valence-electron chi connectivity index (χ4n) is 3.18. The summed E-state index contributed by atoms with van der Waals surface area (Å²) >= 11 is 0. The van der Waals surface area contributed by atoms with Gasteiger partial charge in [0.15, 0.2) is 0 Å². The van der Waals surface area contributed by atoms with Crippen LogP contribution >= 0.6 is 0 Å². The van der Waals surface area contributed by atoms with E-state index in [1.165, 1.54) is 67.2 Å². The molecule has 0 aromatic heterocycles. The quantitative estimate of drug-likeness (QED) is 0.334. The zero-order valence-corrected chi connectivity index (χ0v) is 17.3. The number of benzene rings is 2. The Kier molecular flexibility index (Phi) is 10.3. The van der Waals surface area contributed by atoms with Gasteiger partial charge in [0.25, 0.3) is 0 Å². The Morgan fingerprint density at radius 2 is 1.00 bits per heavy atom. The molecule has 0 radical (unpaired) electrons. The molecule has 0 heteroatoms. The minimum absolute atomic E-state index is 1.09. The molecule has 0 unspecified atom stereocenters. The van der Waals surface area contributed by atoms with Gasteiger partial charge in [-0.15, -0.1) is 0 Å². The maximum Gasteiger partial charge on any atom is -0.0260 e. The molecule has 0 heterocycles. The summed E-state index contributed by atoms with van der Waals surface area (Å²) in [6, 6.07) is 18.0. The molecule has 0 bridgehead atoms. The Hall–Kier alpha value is -2.08. The standard InChI is InChI=1S/C27H36/c1-3-5-9-13-25-20-22-27(23-21-25)15-11-8-7-10-14-26-18-16-24(17-19-26)12-6-4-2/h10-11,14-23H,3-9,12-13H2,1-2H3. The SMILES string of the molecule is CCCCCc1ccc(C=CCCC=Cc2ccc(CCCC)cc2)cc1. The van der Waals surface area contributed by atoms with E-state index in [9.17, 15) is 0 Å². The van der Waals surface area contributed by atoms with Gasteiger partial charge in [0.1, 0.15) is 0 Å². The molecular weight excluding hydrogens is 324 g/mol. The molecule has 0 amide bonds. The second kappa shape index (κ2) is 13.1. The van der Waals surface area contributed by atoms with Gasteiger partial charge in [-0.2, -0.15) is 0 Å². The Bertz CT molecular complexity index is 671. The van der Waals surface area contributed by atoms with Crippen LogP contribution in [0, 0.1) is 0 Å². The largest absolute Gasteiger partial charge is 0.0836 e. The minimum Gasteiger partial charge on any atom is -0.0836 e. The van der Waals surface area contributed by atoms with Crippen molar-refractivity contribution in [3.8, 4) is 0 Å². The van der Waals surface area contributed by atoms with Crippen molar-refractivity contribution >= 4 is 12.2 Å². The highest BCUT2D eigenvalue weighted by Gasteiger charge is 1.94. The molecule has 2 aromatic rings. The number of allylic oxidation sites excluding steroid dienone is 2. The molecule has 2 rings (SSSR count). The first-order valence-corrected chi connectivity index (χ1v) is 10.8. The van der Waals surface area contributed by atoms with E-state index in [1.807, 2.05) is 0 Å². The summed E-state index contributed by atoms with van der Waals surface area (Å²) < 4.78 is 0. The highest BCUT2D eigenvalue weighted by atomic mass is 14.0. The zero-order valence-electron chi connectivity index (χ0n) is 17.3. The van der Waals surface area contributed by atoms with Crippen molar-refractivity contribution in [1.29, 1.82) is 0 Å². The maximum atomic E-state index is 2.28. The van der Waals surface area contributed by atoms with Crippen LogP contribution in [0.25, 0.3) is 12.2 Å². The van der Waals surface area contributed by atoms with E-state index in [0.717, 1.165) is 12.8 Å². The first-order valence-electron chi connectivity index (χ1n) is 10.8. The Labute approximate surface area is 167 Å². The molecule has 0 spiro atoms. The first kappa shape index (κ1) is 21.2. The number of rotatable bonds is 12. The van der Waals surface area contributed by atoms with E-state index in [2.05, 4.69) is 86.7 Å². The summed E-state index contributed by atoms with van der Waals surface area (Å²) in [7, 11) is 0. The predicted molar refractivity (Wildman–Crippen MR) is 122 cm³/mol. The van der Waals surface area contributed by atoms with Crippen LogP contribution in [0.3, 0.4) is 0 Å². The highest BCUT2D eigenvalue weighted by Crippen LogP contribution is 2.12. The topological polar surface area (TPSA) is 0 Å². The third kappa shape index (κ3) is 8.91. The van der Waals surface area contributed by atoms with Gasteiger partial charge < -0.3 is 0 Å². The summed E-state index contributed by atoms with van der Waals surface area (Å²) in [6.07, 6.45) is 20.1. The molecule has 0 aliphatic heterocycles. The fraction of sp³-hybridized carbons (Fsp3) is 0.407. The minimum atomic E-state index is 1.09. The Morgan fingerprint density at radius 1 is 0.556 bits per heavy atom. The summed E-state index contributed by atoms with van der Waals surface area (Å²) in [5, 5.41) is 0. The highest BCUT2D eigenvalue weighted by molar-refractivity contribution is 5.51. The molecule has 0 aliphatic rings. The average Bonchev–Trinajstić information content (AvgIpc) is 2.71. The van der Waals surface area contributed by atoms with Gasteiger partial charge in [-0.25, -0.2) is 0 Å². The van der Waals surface area contributed by atoms with Gasteiger partial charge in [-0.1, -0.05) is 106 Å². The van der Waals surface area contributed by atoms with Crippen molar-refractivity contribution < 1.29 is 0 Å². The predicted octanol–water partition coefficient (Wildman–Crippen LogP) is 8.27. The van der Waals surface area contributed by atoms with E-state index < -0.39 is 0 Å². The molecular formula is C27H36. The van der Waals surface area contributed by atoms with Gasteiger partial charge in [0, 0.05) is 0 Å². The van der Waals surface area contributed by atoms with Gasteiger partial charge in [0.2, 0.25) is 0 Å². The van der Waals surface area contributed by atoms with Crippen LogP contribution in [0.2, 0.25) is 0 Å². The summed E-state index contributed by atoms with van der Waals surface area (Å²) in [6.45, 7) is 4.50. The lowest BCUT2D eigenvalue weighted by Gasteiger charge is -2.01. The van der Waals surface area contributed by atoms with E-state index in [-0.39, 0.29) is 0 Å². The van der Waals surface area contributed by atoms with Crippen molar-refractivity contribution in [2.75, 3.05) is 0 Å². The molecule has 0 nitrogen and oxygen atoms in total. The molecule has 0 aliphatic carbocycles. The number of aryl methyl sites for hydroxylation is 2. The van der Waals surface area contributed by atoms with Crippen molar-refractivity contribution in [2.24, 2.45) is 0 Å². The number of unbranched alkanes of at least 4 members (excludes halogenated alkanes) is 4. The van der Waals surface area contributed by atoms with Crippen LogP contribution in [0.4, 0.5) is 0 Å².